The van der Waals surface area contributed by atoms with E-state index in [4.69, 9.17) is 4.74 Å². The average molecular weight is 329 g/mol. The molecule has 0 fully saturated rings. The van der Waals surface area contributed by atoms with E-state index in [-0.39, 0.29) is 5.91 Å². The van der Waals surface area contributed by atoms with Crippen molar-refractivity contribution in [3.05, 3.63) is 0 Å². The van der Waals surface area contributed by atoms with Gasteiger partial charge in [-0.15, -0.1) is 0 Å². The van der Waals surface area contributed by atoms with Crippen molar-refractivity contribution in [3.8, 4) is 0 Å². The number of hydrogen-bond acceptors (Lipinski definition) is 3. The number of nitrogens with one attached hydrogen (secondary N) is 3. The Kier molecular flexibility index (Phi) is 11.5. The highest BCUT2D eigenvalue weighted by molar-refractivity contribution is 5.83. The third-order valence-electron chi connectivity index (χ3n) is 3.14. The number of guanidine groups is 1. The Bertz CT molecular complexity index is 355. The summed E-state index contributed by atoms with van der Waals surface area (Å²) in [5.74, 6) is 1.34. The second-order valence-electron chi connectivity index (χ2n) is 6.69. The molecular formula is C17H36N4O2. The van der Waals surface area contributed by atoms with Crippen LogP contribution in [0.3, 0.4) is 0 Å². The van der Waals surface area contributed by atoms with Gasteiger partial charge in [0.1, 0.15) is 0 Å². The van der Waals surface area contributed by atoms with Crippen molar-refractivity contribution < 1.29 is 9.53 Å². The molecule has 0 bridgehead atoms. The smallest absolute Gasteiger partial charge is 0.227 e. The van der Waals surface area contributed by atoms with E-state index in [2.05, 4.69) is 34.8 Å². The SMILES string of the molecule is CCNC(=O)C(C)(C)CN=C(NCC)NCCCOCC(C)C. The number of carbonyl (C=O) groups is 1. The molecule has 0 aliphatic heterocycles. The van der Waals surface area contributed by atoms with Crippen LogP contribution in [-0.4, -0.2) is 51.3 Å². The summed E-state index contributed by atoms with van der Waals surface area (Å²) in [7, 11) is 0. The summed E-state index contributed by atoms with van der Waals surface area (Å²) < 4.78 is 5.56. The van der Waals surface area contributed by atoms with Crippen molar-refractivity contribution in [2.24, 2.45) is 16.3 Å². The lowest BCUT2D eigenvalue weighted by Gasteiger charge is -2.22. The molecule has 23 heavy (non-hydrogen) atoms. The van der Waals surface area contributed by atoms with Gasteiger partial charge in [0.2, 0.25) is 5.91 Å². The zero-order chi connectivity index (χ0) is 17.7. The van der Waals surface area contributed by atoms with Gasteiger partial charge in [0.15, 0.2) is 5.96 Å². The number of carbonyl (C=O) groups excluding carboxylic acids is 1. The number of ether oxygens (including phenoxy) is 1. The highest BCUT2D eigenvalue weighted by atomic mass is 16.5. The maximum Gasteiger partial charge on any atom is 0.227 e. The first kappa shape index (κ1) is 21.7. The van der Waals surface area contributed by atoms with Crippen molar-refractivity contribution in [1.29, 1.82) is 0 Å². The minimum Gasteiger partial charge on any atom is -0.381 e. The lowest BCUT2D eigenvalue weighted by atomic mass is 9.92. The predicted octanol–water partition coefficient (Wildman–Crippen LogP) is 1.77. The maximum atomic E-state index is 12.0. The number of amides is 1. The summed E-state index contributed by atoms with van der Waals surface area (Å²) in [6.45, 7) is 16.3. The van der Waals surface area contributed by atoms with Crippen LogP contribution in [0.25, 0.3) is 0 Å². The molecule has 0 aromatic rings. The van der Waals surface area contributed by atoms with Gasteiger partial charge in [-0.25, -0.2) is 0 Å². The summed E-state index contributed by atoms with van der Waals surface area (Å²) >= 11 is 0. The van der Waals surface area contributed by atoms with E-state index >= 15 is 0 Å². The lowest BCUT2D eigenvalue weighted by molar-refractivity contribution is -0.128. The molecule has 0 aliphatic rings. The largest absolute Gasteiger partial charge is 0.381 e. The average Bonchev–Trinajstić information content (AvgIpc) is 2.48. The minimum atomic E-state index is -0.515. The molecule has 6 nitrogen and oxygen atoms in total. The molecule has 6 heteroatoms. The molecule has 0 saturated heterocycles. The lowest BCUT2D eigenvalue weighted by Crippen LogP contribution is -2.42. The van der Waals surface area contributed by atoms with Gasteiger partial charge in [0.25, 0.3) is 0 Å². The zero-order valence-electron chi connectivity index (χ0n) is 15.8. The molecule has 0 radical (unpaired) electrons. The van der Waals surface area contributed by atoms with Crippen LogP contribution in [0, 0.1) is 11.3 Å². The Hall–Kier alpha value is -1.30. The number of hydrogen-bond donors (Lipinski definition) is 3. The second kappa shape index (κ2) is 12.2. The minimum absolute atomic E-state index is 0.0293. The molecule has 0 aliphatic carbocycles. The van der Waals surface area contributed by atoms with Crippen LogP contribution in [0.4, 0.5) is 0 Å². The van der Waals surface area contributed by atoms with Gasteiger partial charge in [-0.2, -0.15) is 0 Å². The Morgan fingerprint density at radius 2 is 1.78 bits per heavy atom. The van der Waals surface area contributed by atoms with Gasteiger partial charge in [0.05, 0.1) is 12.0 Å². The highest BCUT2D eigenvalue weighted by Gasteiger charge is 2.26. The molecule has 0 spiro atoms. The van der Waals surface area contributed by atoms with Gasteiger partial charge in [-0.05, 0) is 40.0 Å². The first-order chi connectivity index (χ1) is 10.8. The Morgan fingerprint density at radius 1 is 1.13 bits per heavy atom. The predicted molar refractivity (Wildman–Crippen MR) is 96.7 cm³/mol. The molecule has 0 rings (SSSR count). The fourth-order valence-corrected chi connectivity index (χ4v) is 1.79. The molecule has 1 amide bonds. The number of aliphatic imine (C=N–C) groups is 1. The van der Waals surface area contributed by atoms with Crippen LogP contribution in [0.5, 0.6) is 0 Å². The van der Waals surface area contributed by atoms with Crippen molar-refractivity contribution in [2.75, 3.05) is 39.4 Å². The summed E-state index contributed by atoms with van der Waals surface area (Å²) in [5, 5.41) is 9.33. The van der Waals surface area contributed by atoms with Crippen molar-refractivity contribution in [1.82, 2.24) is 16.0 Å². The molecule has 0 unspecified atom stereocenters. The van der Waals surface area contributed by atoms with Crippen molar-refractivity contribution >= 4 is 11.9 Å². The number of rotatable bonds is 11. The van der Waals surface area contributed by atoms with E-state index in [1.807, 2.05) is 27.7 Å². The molecule has 0 heterocycles. The molecule has 3 N–H and O–H groups in total. The quantitative estimate of drug-likeness (QED) is 0.307. The van der Waals surface area contributed by atoms with Crippen LogP contribution in [-0.2, 0) is 9.53 Å². The second-order valence-corrected chi connectivity index (χ2v) is 6.69. The summed E-state index contributed by atoms with van der Waals surface area (Å²) in [4.78, 5) is 16.5. The third kappa shape index (κ3) is 11.0. The van der Waals surface area contributed by atoms with E-state index in [1.54, 1.807) is 0 Å². The van der Waals surface area contributed by atoms with Gasteiger partial charge < -0.3 is 20.7 Å². The van der Waals surface area contributed by atoms with E-state index in [9.17, 15) is 4.79 Å². The monoisotopic (exact) mass is 328 g/mol. The Balaban J connectivity index is 4.24. The molecule has 0 aromatic heterocycles. The van der Waals surface area contributed by atoms with Crippen LogP contribution < -0.4 is 16.0 Å². The fourth-order valence-electron chi connectivity index (χ4n) is 1.79. The summed E-state index contributed by atoms with van der Waals surface area (Å²) in [6.07, 6.45) is 0.927. The summed E-state index contributed by atoms with van der Waals surface area (Å²) in [5.41, 5.74) is -0.515. The topological polar surface area (TPSA) is 74.8 Å². The molecule has 0 aromatic carbocycles. The van der Waals surface area contributed by atoms with Crippen molar-refractivity contribution in [3.63, 3.8) is 0 Å². The molecule has 0 saturated carbocycles. The van der Waals surface area contributed by atoms with Crippen LogP contribution in [0.15, 0.2) is 4.99 Å². The van der Waals surface area contributed by atoms with E-state index in [1.165, 1.54) is 0 Å². The Labute approximate surface area is 141 Å². The maximum absolute atomic E-state index is 12.0. The van der Waals surface area contributed by atoms with Gasteiger partial charge in [-0.3, -0.25) is 9.79 Å². The zero-order valence-corrected chi connectivity index (χ0v) is 15.8. The normalized spacial score (nSPS) is 12.4. The van der Waals surface area contributed by atoms with Gasteiger partial charge >= 0.3 is 0 Å². The molecular weight excluding hydrogens is 292 g/mol. The third-order valence-corrected chi connectivity index (χ3v) is 3.14. The first-order valence-corrected chi connectivity index (χ1v) is 8.71. The van der Waals surface area contributed by atoms with E-state index in [0.717, 1.165) is 38.7 Å². The van der Waals surface area contributed by atoms with E-state index in [0.29, 0.717) is 19.0 Å². The van der Waals surface area contributed by atoms with Gasteiger partial charge in [-0.1, -0.05) is 13.8 Å². The first-order valence-electron chi connectivity index (χ1n) is 8.71. The van der Waals surface area contributed by atoms with Gasteiger partial charge in [0, 0.05) is 32.8 Å². The fraction of sp³-hybridized carbons (Fsp3) is 0.882. The van der Waals surface area contributed by atoms with Crippen LogP contribution in [0.2, 0.25) is 0 Å². The Morgan fingerprint density at radius 3 is 2.35 bits per heavy atom. The van der Waals surface area contributed by atoms with E-state index < -0.39 is 5.41 Å². The molecule has 136 valence electrons. The van der Waals surface area contributed by atoms with Crippen molar-refractivity contribution in [2.45, 2.75) is 48.0 Å². The highest BCUT2D eigenvalue weighted by Crippen LogP contribution is 2.15. The van der Waals surface area contributed by atoms with Crippen LogP contribution >= 0.6 is 0 Å². The standard InChI is InChI=1S/C17H36N4O2/c1-7-18-15(22)17(5,6)13-21-16(19-8-2)20-10-9-11-23-12-14(3)4/h14H,7-13H2,1-6H3,(H,18,22)(H2,19,20,21). The molecule has 0 atom stereocenters. The van der Waals surface area contributed by atoms with Crippen LogP contribution in [0.1, 0.15) is 48.0 Å². The number of nitrogens with zero attached hydrogens (tertiary/aromatic N) is 1. The summed E-state index contributed by atoms with van der Waals surface area (Å²) in [6, 6.07) is 0.